The summed E-state index contributed by atoms with van der Waals surface area (Å²) in [6.07, 6.45) is 2.74. The molecule has 2 aromatic rings. The molecule has 0 spiro atoms. The van der Waals surface area contributed by atoms with Crippen molar-refractivity contribution in [2.24, 2.45) is 0 Å². The molecule has 0 amide bonds. The van der Waals surface area contributed by atoms with Gasteiger partial charge in [0.25, 0.3) is 5.95 Å². The van der Waals surface area contributed by atoms with Gasteiger partial charge in [-0.15, -0.1) is 0 Å². The number of rotatable bonds is 6. The second-order valence-corrected chi connectivity index (χ2v) is 6.73. The Bertz CT molecular complexity index is 703. The normalized spacial score (nSPS) is 11.8. The molecule has 0 aliphatic carbocycles. The first kappa shape index (κ1) is 15.5. The summed E-state index contributed by atoms with van der Waals surface area (Å²) in [5.74, 6) is 0.252. The molecule has 0 atom stereocenters. The van der Waals surface area contributed by atoms with Gasteiger partial charge >= 0.3 is 0 Å². The summed E-state index contributed by atoms with van der Waals surface area (Å²) in [5, 5.41) is 6.63. The van der Waals surface area contributed by atoms with Crippen LogP contribution in [0.4, 0.5) is 5.95 Å². The van der Waals surface area contributed by atoms with E-state index in [0.29, 0.717) is 0 Å². The summed E-state index contributed by atoms with van der Waals surface area (Å²) in [6, 6.07) is 0. The molecule has 2 aromatic heterocycles. The van der Waals surface area contributed by atoms with Crippen molar-refractivity contribution in [2.75, 3.05) is 31.7 Å². The maximum atomic E-state index is 11.6. The van der Waals surface area contributed by atoms with E-state index >= 15 is 0 Å². The molecule has 2 heterocycles. The van der Waals surface area contributed by atoms with Crippen molar-refractivity contribution in [3.8, 4) is 5.95 Å². The van der Waals surface area contributed by atoms with E-state index in [1.165, 1.54) is 31.4 Å². The van der Waals surface area contributed by atoms with E-state index in [-0.39, 0.29) is 29.5 Å². The van der Waals surface area contributed by atoms with Crippen LogP contribution in [0.3, 0.4) is 0 Å². The van der Waals surface area contributed by atoms with Crippen molar-refractivity contribution in [3.05, 3.63) is 17.9 Å². The predicted molar refractivity (Wildman–Crippen MR) is 75.7 cm³/mol. The fourth-order valence-electron chi connectivity index (χ4n) is 1.31. The van der Waals surface area contributed by atoms with Gasteiger partial charge in [-0.05, 0) is 11.6 Å². The number of nitrogens with one attached hydrogen (secondary N) is 1. The van der Waals surface area contributed by atoms with E-state index in [1.54, 1.807) is 0 Å². The fourth-order valence-corrected chi connectivity index (χ4v) is 2.19. The number of aromatic nitrogens is 6. The average molecular weight is 333 g/mol. The van der Waals surface area contributed by atoms with Crippen LogP contribution in [0, 0.1) is 0 Å². The maximum Gasteiger partial charge on any atom is 0.258 e. The van der Waals surface area contributed by atoms with Gasteiger partial charge in [0.2, 0.25) is 21.3 Å². The summed E-state index contributed by atoms with van der Waals surface area (Å²) in [5.41, 5.74) is 0. The molecule has 0 unspecified atom stereocenters. The van der Waals surface area contributed by atoms with Crippen LogP contribution < -0.4 is 5.32 Å². The van der Waals surface area contributed by atoms with Crippen LogP contribution in [0.5, 0.6) is 0 Å². The first-order chi connectivity index (χ1) is 9.88. The van der Waals surface area contributed by atoms with Crippen molar-refractivity contribution in [1.29, 1.82) is 0 Å². The Hall–Kier alpha value is -1.85. The molecule has 114 valence electrons. The van der Waals surface area contributed by atoms with Gasteiger partial charge in [-0.3, -0.25) is 0 Å². The summed E-state index contributed by atoms with van der Waals surface area (Å²) in [6.45, 7) is 0.137. The standard InChI is InChI=1S/C9H13ClN8O2S/c1-17(2)21(19,20)4-3-12-8-14-7(10)15-9(16-8)18-6-11-5-13-18/h5-6H,3-4H2,1-2H3,(H,12,14,15,16). The molecule has 0 saturated carbocycles. The zero-order valence-electron chi connectivity index (χ0n) is 11.3. The van der Waals surface area contributed by atoms with Crippen LogP contribution in [0.2, 0.25) is 5.28 Å². The molecule has 0 saturated heterocycles. The maximum absolute atomic E-state index is 11.6. The highest BCUT2D eigenvalue weighted by Crippen LogP contribution is 2.08. The second-order valence-electron chi connectivity index (χ2n) is 4.09. The average Bonchev–Trinajstić information content (AvgIpc) is 2.91. The van der Waals surface area contributed by atoms with Gasteiger partial charge in [0.1, 0.15) is 12.7 Å². The summed E-state index contributed by atoms with van der Waals surface area (Å²) in [4.78, 5) is 15.6. The lowest BCUT2D eigenvalue weighted by Gasteiger charge is -2.11. The Balaban J connectivity index is 2.08. The highest BCUT2D eigenvalue weighted by molar-refractivity contribution is 7.89. The Labute approximate surface area is 126 Å². The number of anilines is 1. The molecular formula is C9H13ClN8O2S. The molecule has 0 aromatic carbocycles. The lowest BCUT2D eigenvalue weighted by Crippen LogP contribution is -2.28. The van der Waals surface area contributed by atoms with E-state index in [1.807, 2.05) is 0 Å². The van der Waals surface area contributed by atoms with E-state index in [4.69, 9.17) is 11.6 Å². The monoisotopic (exact) mass is 332 g/mol. The van der Waals surface area contributed by atoms with Crippen molar-refractivity contribution in [3.63, 3.8) is 0 Å². The van der Waals surface area contributed by atoms with Crippen LogP contribution in [-0.4, -0.2) is 68.8 Å². The van der Waals surface area contributed by atoms with E-state index < -0.39 is 10.0 Å². The smallest absolute Gasteiger partial charge is 0.258 e. The molecule has 2 rings (SSSR count). The molecule has 0 aliphatic heterocycles. The fraction of sp³-hybridized carbons (Fsp3) is 0.444. The number of hydrogen-bond donors (Lipinski definition) is 1. The number of hydrogen-bond acceptors (Lipinski definition) is 8. The lowest BCUT2D eigenvalue weighted by atomic mass is 10.7. The minimum absolute atomic E-state index is 0.0338. The molecule has 0 bridgehead atoms. The molecule has 0 fully saturated rings. The van der Waals surface area contributed by atoms with Crippen molar-refractivity contribution in [1.82, 2.24) is 34.0 Å². The molecule has 12 heteroatoms. The van der Waals surface area contributed by atoms with Crippen molar-refractivity contribution < 1.29 is 8.42 Å². The Morgan fingerprint density at radius 3 is 2.71 bits per heavy atom. The quantitative estimate of drug-likeness (QED) is 0.745. The van der Waals surface area contributed by atoms with Crippen LogP contribution >= 0.6 is 11.6 Å². The molecule has 21 heavy (non-hydrogen) atoms. The topological polar surface area (TPSA) is 119 Å². The van der Waals surface area contributed by atoms with Crippen LogP contribution in [0.1, 0.15) is 0 Å². The third-order valence-corrected chi connectivity index (χ3v) is 4.42. The predicted octanol–water partition coefficient (Wildman–Crippen LogP) is -0.591. The van der Waals surface area contributed by atoms with Gasteiger partial charge < -0.3 is 5.32 Å². The van der Waals surface area contributed by atoms with Gasteiger partial charge in [0.05, 0.1) is 5.75 Å². The van der Waals surface area contributed by atoms with E-state index in [0.717, 1.165) is 4.31 Å². The zero-order chi connectivity index (χ0) is 15.5. The first-order valence-electron chi connectivity index (χ1n) is 5.79. The Kier molecular flexibility index (Phi) is 4.65. The SMILES string of the molecule is CN(C)S(=O)(=O)CCNc1nc(Cl)nc(-n2cncn2)n1. The summed E-state index contributed by atoms with van der Waals surface area (Å²) < 4.78 is 25.7. The van der Waals surface area contributed by atoms with Crippen LogP contribution in [0.15, 0.2) is 12.7 Å². The van der Waals surface area contributed by atoms with Gasteiger partial charge in [0, 0.05) is 20.6 Å². The second kappa shape index (κ2) is 6.28. The largest absolute Gasteiger partial charge is 0.353 e. The van der Waals surface area contributed by atoms with Gasteiger partial charge in [-0.2, -0.15) is 24.7 Å². The third-order valence-electron chi connectivity index (χ3n) is 2.42. The van der Waals surface area contributed by atoms with Crippen LogP contribution in [0.25, 0.3) is 5.95 Å². The highest BCUT2D eigenvalue weighted by atomic mass is 35.5. The van der Waals surface area contributed by atoms with Gasteiger partial charge in [-0.25, -0.2) is 17.7 Å². The van der Waals surface area contributed by atoms with Gasteiger partial charge in [-0.1, -0.05) is 0 Å². The minimum Gasteiger partial charge on any atom is -0.353 e. The van der Waals surface area contributed by atoms with Crippen molar-refractivity contribution in [2.45, 2.75) is 0 Å². The minimum atomic E-state index is -3.29. The molecule has 1 N–H and O–H groups in total. The van der Waals surface area contributed by atoms with Gasteiger partial charge in [0.15, 0.2) is 0 Å². The third kappa shape index (κ3) is 4.06. The van der Waals surface area contributed by atoms with Crippen molar-refractivity contribution >= 4 is 27.6 Å². The lowest BCUT2D eigenvalue weighted by molar-refractivity contribution is 0.521. The zero-order valence-corrected chi connectivity index (χ0v) is 12.9. The molecule has 10 nitrogen and oxygen atoms in total. The summed E-state index contributed by atoms with van der Waals surface area (Å²) >= 11 is 5.80. The number of nitrogens with zero attached hydrogens (tertiary/aromatic N) is 7. The Morgan fingerprint density at radius 1 is 1.33 bits per heavy atom. The molecule has 0 radical (unpaired) electrons. The highest BCUT2D eigenvalue weighted by Gasteiger charge is 2.13. The molecule has 0 aliphatic rings. The Morgan fingerprint density at radius 2 is 2.10 bits per heavy atom. The molecular weight excluding hydrogens is 320 g/mol. The van der Waals surface area contributed by atoms with E-state index in [2.05, 4.69) is 30.4 Å². The number of halogens is 1. The summed E-state index contributed by atoms with van der Waals surface area (Å²) in [7, 11) is -0.352. The van der Waals surface area contributed by atoms with E-state index in [9.17, 15) is 8.42 Å². The van der Waals surface area contributed by atoms with Crippen LogP contribution in [-0.2, 0) is 10.0 Å². The first-order valence-corrected chi connectivity index (χ1v) is 7.78. The number of sulfonamides is 1.